The molecule has 3 saturated heterocycles. The summed E-state index contributed by atoms with van der Waals surface area (Å²) in [5.41, 5.74) is 1.14. The number of nitrogens with zero attached hydrogens (tertiary/aromatic N) is 4. The van der Waals surface area contributed by atoms with Crippen molar-refractivity contribution in [2.24, 2.45) is 0 Å². The van der Waals surface area contributed by atoms with Crippen molar-refractivity contribution >= 4 is 17.6 Å². The molecular weight excluding hydrogens is 378 g/mol. The molecule has 0 spiro atoms. The number of nitrogens with one attached hydrogen (secondary N) is 1. The number of amides is 3. The van der Waals surface area contributed by atoms with E-state index in [-0.39, 0.29) is 30.4 Å². The van der Waals surface area contributed by atoms with E-state index in [0.717, 1.165) is 38.0 Å². The van der Waals surface area contributed by atoms with Gasteiger partial charge in [0.25, 0.3) is 5.91 Å². The smallest absolute Gasteiger partial charge is 0.327 e. The van der Waals surface area contributed by atoms with E-state index in [1.165, 1.54) is 30.6 Å². The van der Waals surface area contributed by atoms with E-state index in [0.29, 0.717) is 6.54 Å². The third kappa shape index (κ3) is 3.93. The van der Waals surface area contributed by atoms with Crippen LogP contribution < -0.4 is 10.2 Å². The van der Waals surface area contributed by atoms with Crippen molar-refractivity contribution in [2.45, 2.75) is 70.4 Å². The van der Waals surface area contributed by atoms with Crippen molar-refractivity contribution in [3.05, 3.63) is 30.3 Å². The summed E-state index contributed by atoms with van der Waals surface area (Å²) in [5.74, 6) is -0.0402. The van der Waals surface area contributed by atoms with E-state index < -0.39 is 0 Å². The molecule has 1 aromatic rings. The first-order valence-corrected chi connectivity index (χ1v) is 11.5. The summed E-state index contributed by atoms with van der Waals surface area (Å²) < 4.78 is 0. The monoisotopic (exact) mass is 413 g/mol. The highest BCUT2D eigenvalue weighted by molar-refractivity contribution is 6.00. The molecule has 0 aliphatic carbocycles. The van der Waals surface area contributed by atoms with Gasteiger partial charge in [0, 0.05) is 32.4 Å². The van der Waals surface area contributed by atoms with Crippen LogP contribution in [-0.4, -0.2) is 71.8 Å². The van der Waals surface area contributed by atoms with Gasteiger partial charge in [-0.1, -0.05) is 57.2 Å². The molecule has 3 unspecified atom stereocenters. The van der Waals surface area contributed by atoms with Crippen LogP contribution in [0, 0.1) is 0 Å². The van der Waals surface area contributed by atoms with Crippen LogP contribution in [0.2, 0.25) is 0 Å². The molecule has 1 aromatic carbocycles. The number of carbonyl (C=O) groups excluding carboxylic acids is 2. The van der Waals surface area contributed by atoms with E-state index in [4.69, 9.17) is 0 Å². The molecule has 3 heterocycles. The Morgan fingerprint density at radius 3 is 2.50 bits per heavy atom. The van der Waals surface area contributed by atoms with Crippen LogP contribution in [-0.2, 0) is 4.79 Å². The van der Waals surface area contributed by atoms with E-state index in [1.54, 1.807) is 4.90 Å². The highest BCUT2D eigenvalue weighted by Gasteiger charge is 2.55. The molecule has 0 aromatic heterocycles. The van der Waals surface area contributed by atoms with Gasteiger partial charge in [-0.25, -0.2) is 4.79 Å². The number of urea groups is 1. The second kappa shape index (κ2) is 9.35. The molecule has 7 nitrogen and oxygen atoms in total. The van der Waals surface area contributed by atoms with Crippen LogP contribution in [0.5, 0.6) is 0 Å². The van der Waals surface area contributed by atoms with Gasteiger partial charge in [0.05, 0.1) is 0 Å². The number of imide groups is 1. The van der Waals surface area contributed by atoms with Crippen LogP contribution >= 0.6 is 0 Å². The fourth-order valence-corrected chi connectivity index (χ4v) is 5.06. The third-order valence-electron chi connectivity index (χ3n) is 6.69. The molecule has 164 valence electrons. The average molecular weight is 414 g/mol. The Labute approximate surface area is 180 Å². The standard InChI is InChI=1S/C23H35N5O2/c1-3-4-5-6-7-11-15-28-21(29)19-20(25(2)23(28)30)24-22-26(16-12-17-27(19)22)18-13-9-8-10-14-18/h8-10,13-14,19-20,22,24H,3-7,11-12,15-17H2,1-2H3. The van der Waals surface area contributed by atoms with Gasteiger partial charge < -0.3 is 9.80 Å². The van der Waals surface area contributed by atoms with E-state index in [2.05, 4.69) is 34.2 Å². The number of unbranched alkanes of at least 4 members (excludes halogenated alkanes) is 5. The van der Waals surface area contributed by atoms with Gasteiger partial charge in [0.15, 0.2) is 0 Å². The molecule has 3 atom stereocenters. The molecule has 3 aliphatic rings. The lowest BCUT2D eigenvalue weighted by atomic mass is 10.1. The van der Waals surface area contributed by atoms with Crippen molar-refractivity contribution < 1.29 is 9.59 Å². The van der Waals surface area contributed by atoms with Gasteiger partial charge in [-0.2, -0.15) is 0 Å². The number of carbonyl (C=O) groups is 2. The molecule has 3 fully saturated rings. The van der Waals surface area contributed by atoms with Crippen LogP contribution in [0.4, 0.5) is 10.5 Å². The topological polar surface area (TPSA) is 59.1 Å². The number of fused-ring (bicyclic) bond motifs is 3. The largest absolute Gasteiger partial charge is 0.343 e. The lowest BCUT2D eigenvalue weighted by molar-refractivity contribution is -0.138. The van der Waals surface area contributed by atoms with Gasteiger partial charge in [-0.05, 0) is 25.0 Å². The summed E-state index contributed by atoms with van der Waals surface area (Å²) >= 11 is 0. The normalized spacial score (nSPS) is 26.9. The highest BCUT2D eigenvalue weighted by atomic mass is 16.2. The predicted octanol–water partition coefficient (Wildman–Crippen LogP) is 3.03. The third-order valence-corrected chi connectivity index (χ3v) is 6.69. The molecule has 3 amide bonds. The maximum Gasteiger partial charge on any atom is 0.327 e. The highest BCUT2D eigenvalue weighted by Crippen LogP contribution is 2.33. The molecule has 7 heteroatoms. The van der Waals surface area contributed by atoms with E-state index in [9.17, 15) is 9.59 Å². The second-order valence-corrected chi connectivity index (χ2v) is 8.70. The maximum atomic E-state index is 13.4. The summed E-state index contributed by atoms with van der Waals surface area (Å²) in [6.45, 7) is 4.53. The molecular formula is C23H35N5O2. The summed E-state index contributed by atoms with van der Waals surface area (Å²) in [6, 6.07) is 9.82. The zero-order valence-corrected chi connectivity index (χ0v) is 18.3. The molecule has 4 rings (SSSR count). The number of anilines is 1. The van der Waals surface area contributed by atoms with Gasteiger partial charge in [0.1, 0.15) is 18.5 Å². The van der Waals surface area contributed by atoms with Gasteiger partial charge >= 0.3 is 6.03 Å². The van der Waals surface area contributed by atoms with Crippen molar-refractivity contribution in [3.8, 4) is 0 Å². The maximum absolute atomic E-state index is 13.4. The Hall–Kier alpha value is -2.12. The van der Waals surface area contributed by atoms with Crippen molar-refractivity contribution in [1.29, 1.82) is 0 Å². The number of hydrogen-bond donors (Lipinski definition) is 1. The first-order valence-electron chi connectivity index (χ1n) is 11.5. The molecule has 0 bridgehead atoms. The Kier molecular flexibility index (Phi) is 6.58. The Balaban J connectivity index is 1.46. The molecule has 0 saturated carbocycles. The van der Waals surface area contributed by atoms with Crippen LogP contribution in [0.1, 0.15) is 51.9 Å². The van der Waals surface area contributed by atoms with Crippen molar-refractivity contribution in [1.82, 2.24) is 20.0 Å². The van der Waals surface area contributed by atoms with Crippen molar-refractivity contribution in [2.75, 3.05) is 31.6 Å². The zero-order valence-electron chi connectivity index (χ0n) is 18.3. The number of likely N-dealkylation sites (N-methyl/N-ethyl adjacent to an activating group) is 1. The Morgan fingerprint density at radius 1 is 1.00 bits per heavy atom. The fraction of sp³-hybridized carbons (Fsp3) is 0.652. The second-order valence-electron chi connectivity index (χ2n) is 8.70. The van der Waals surface area contributed by atoms with Crippen LogP contribution in [0.25, 0.3) is 0 Å². The summed E-state index contributed by atoms with van der Waals surface area (Å²) in [4.78, 5) is 34.1. The summed E-state index contributed by atoms with van der Waals surface area (Å²) in [7, 11) is 1.82. The van der Waals surface area contributed by atoms with Crippen LogP contribution in [0.3, 0.4) is 0 Å². The number of rotatable bonds is 8. The van der Waals surface area contributed by atoms with E-state index in [1.807, 2.05) is 25.2 Å². The molecule has 0 radical (unpaired) electrons. The zero-order chi connectivity index (χ0) is 21.1. The number of para-hydroxylation sites is 1. The fourth-order valence-electron chi connectivity index (χ4n) is 5.06. The summed E-state index contributed by atoms with van der Waals surface area (Å²) in [5, 5.41) is 3.57. The van der Waals surface area contributed by atoms with Gasteiger partial charge in [0.2, 0.25) is 0 Å². The van der Waals surface area contributed by atoms with Crippen molar-refractivity contribution in [3.63, 3.8) is 0 Å². The predicted molar refractivity (Wildman–Crippen MR) is 118 cm³/mol. The van der Waals surface area contributed by atoms with E-state index >= 15 is 0 Å². The Bertz CT molecular complexity index is 742. The molecule has 30 heavy (non-hydrogen) atoms. The molecule has 3 aliphatic heterocycles. The lowest BCUT2D eigenvalue weighted by Gasteiger charge is -2.43. The number of benzene rings is 1. The summed E-state index contributed by atoms with van der Waals surface area (Å²) in [6.07, 6.45) is 7.50. The first-order chi connectivity index (χ1) is 14.6. The SMILES string of the molecule is CCCCCCCCN1C(=O)C2C(NC3N(c4ccccc4)CCCN23)N(C)C1=O. The lowest BCUT2D eigenvalue weighted by Crippen LogP contribution is -2.66. The van der Waals surface area contributed by atoms with Gasteiger partial charge in [-0.15, -0.1) is 0 Å². The minimum atomic E-state index is -0.315. The quantitative estimate of drug-likeness (QED) is 0.664. The van der Waals surface area contributed by atoms with Crippen LogP contribution in [0.15, 0.2) is 30.3 Å². The van der Waals surface area contributed by atoms with Gasteiger partial charge in [-0.3, -0.25) is 19.9 Å². The first kappa shape index (κ1) is 21.1. The minimum Gasteiger partial charge on any atom is -0.343 e. The number of hydrogen-bond acceptors (Lipinski definition) is 5. The molecule has 1 N–H and O–H groups in total. The minimum absolute atomic E-state index is 0.0402. The Morgan fingerprint density at radius 2 is 1.73 bits per heavy atom. The average Bonchev–Trinajstić information content (AvgIpc) is 3.17.